The molecule has 0 saturated heterocycles. The van der Waals surface area contributed by atoms with Crippen molar-refractivity contribution in [2.24, 2.45) is 11.7 Å². The lowest BCUT2D eigenvalue weighted by molar-refractivity contribution is 0.260. The number of halogens is 2. The van der Waals surface area contributed by atoms with Gasteiger partial charge < -0.3 is 5.73 Å². The minimum absolute atomic E-state index is 0.153. The smallest absolute Gasteiger partial charge is 0.129 e. The van der Waals surface area contributed by atoms with Crippen molar-refractivity contribution >= 4 is 15.9 Å². The topological polar surface area (TPSA) is 26.0 Å². The fourth-order valence-corrected chi connectivity index (χ4v) is 2.47. The zero-order valence-electron chi connectivity index (χ0n) is 7.84. The van der Waals surface area contributed by atoms with Gasteiger partial charge in [-0.15, -0.1) is 0 Å². The molecule has 0 amide bonds. The molecule has 0 heterocycles. The van der Waals surface area contributed by atoms with Crippen LogP contribution in [-0.4, -0.2) is 0 Å². The fourth-order valence-electron chi connectivity index (χ4n) is 1.86. The van der Waals surface area contributed by atoms with Gasteiger partial charge in [-0.25, -0.2) is 4.39 Å². The molecule has 0 spiro atoms. The molecule has 0 radical (unpaired) electrons. The quantitative estimate of drug-likeness (QED) is 0.864. The van der Waals surface area contributed by atoms with Gasteiger partial charge in [0.2, 0.25) is 0 Å². The van der Waals surface area contributed by atoms with Gasteiger partial charge in [0.05, 0.1) is 0 Å². The van der Waals surface area contributed by atoms with E-state index in [0.29, 0.717) is 11.5 Å². The Bertz CT molecular complexity index is 316. The van der Waals surface area contributed by atoms with Crippen LogP contribution in [0.2, 0.25) is 0 Å². The molecule has 1 aliphatic carbocycles. The van der Waals surface area contributed by atoms with E-state index in [4.69, 9.17) is 5.73 Å². The summed E-state index contributed by atoms with van der Waals surface area (Å²) in [6.07, 6.45) is 3.48. The molecule has 1 aromatic carbocycles. The van der Waals surface area contributed by atoms with Crippen LogP contribution < -0.4 is 5.73 Å². The van der Waals surface area contributed by atoms with Crippen molar-refractivity contribution in [3.8, 4) is 0 Å². The average molecular weight is 258 g/mol. The molecule has 2 N–H and O–H groups in total. The molecule has 1 nitrogen and oxygen atoms in total. The van der Waals surface area contributed by atoms with Crippen molar-refractivity contribution in [2.75, 3.05) is 0 Å². The molecular formula is C11H13BrFN. The molecule has 0 unspecified atom stereocenters. The maximum atomic E-state index is 13.5. The standard InChI is InChI=1S/C11H13BrFN/c12-8-5-2-6-9(13)10(8)11(14)7-3-1-4-7/h2,5-7,11H,1,3-4,14H2/t11-/m1/s1. The Morgan fingerprint density at radius 3 is 2.64 bits per heavy atom. The first-order valence-electron chi connectivity index (χ1n) is 4.89. The molecule has 1 aromatic rings. The van der Waals surface area contributed by atoms with Gasteiger partial charge in [0, 0.05) is 16.1 Å². The molecule has 2 rings (SSSR count). The van der Waals surface area contributed by atoms with Gasteiger partial charge in [-0.05, 0) is 30.9 Å². The lowest BCUT2D eigenvalue weighted by atomic mass is 9.77. The lowest BCUT2D eigenvalue weighted by Gasteiger charge is -2.32. The van der Waals surface area contributed by atoms with Crippen molar-refractivity contribution in [1.29, 1.82) is 0 Å². The van der Waals surface area contributed by atoms with Crippen LogP contribution in [0.25, 0.3) is 0 Å². The number of rotatable bonds is 2. The first-order valence-corrected chi connectivity index (χ1v) is 5.69. The van der Waals surface area contributed by atoms with Crippen molar-refractivity contribution < 1.29 is 4.39 Å². The summed E-state index contributed by atoms with van der Waals surface area (Å²) < 4.78 is 14.3. The summed E-state index contributed by atoms with van der Waals surface area (Å²) in [5.74, 6) is 0.266. The highest BCUT2D eigenvalue weighted by molar-refractivity contribution is 9.10. The fraction of sp³-hybridized carbons (Fsp3) is 0.455. The summed E-state index contributed by atoms with van der Waals surface area (Å²) in [5.41, 5.74) is 6.67. The van der Waals surface area contributed by atoms with Crippen LogP contribution in [0.15, 0.2) is 22.7 Å². The Balaban J connectivity index is 2.29. The second kappa shape index (κ2) is 3.99. The highest BCUT2D eigenvalue weighted by Crippen LogP contribution is 2.39. The molecule has 0 aliphatic heterocycles. The first kappa shape index (κ1) is 10.1. The van der Waals surface area contributed by atoms with Gasteiger partial charge in [-0.3, -0.25) is 0 Å². The molecule has 0 bridgehead atoms. The molecule has 1 fully saturated rings. The van der Waals surface area contributed by atoms with E-state index in [2.05, 4.69) is 15.9 Å². The predicted octanol–water partition coefficient (Wildman–Crippen LogP) is 3.39. The average Bonchev–Trinajstić information content (AvgIpc) is 2.00. The maximum absolute atomic E-state index is 13.5. The third-order valence-corrected chi connectivity index (χ3v) is 3.68. The van der Waals surface area contributed by atoms with Crippen molar-refractivity contribution in [3.05, 3.63) is 34.1 Å². The SMILES string of the molecule is N[C@@H](c1c(F)cccc1Br)C1CCC1. The van der Waals surface area contributed by atoms with E-state index < -0.39 is 0 Å². The minimum atomic E-state index is -0.196. The third kappa shape index (κ3) is 1.71. The predicted molar refractivity (Wildman–Crippen MR) is 58.4 cm³/mol. The third-order valence-electron chi connectivity index (χ3n) is 2.99. The molecule has 76 valence electrons. The van der Waals surface area contributed by atoms with Crippen molar-refractivity contribution in [3.63, 3.8) is 0 Å². The Morgan fingerprint density at radius 1 is 1.43 bits per heavy atom. The van der Waals surface area contributed by atoms with Gasteiger partial charge in [0.1, 0.15) is 5.82 Å². The monoisotopic (exact) mass is 257 g/mol. The highest BCUT2D eigenvalue weighted by atomic mass is 79.9. The van der Waals surface area contributed by atoms with E-state index in [1.807, 2.05) is 6.07 Å². The summed E-state index contributed by atoms with van der Waals surface area (Å²) >= 11 is 3.35. The van der Waals surface area contributed by atoms with Crippen LogP contribution >= 0.6 is 15.9 Å². The maximum Gasteiger partial charge on any atom is 0.129 e. The van der Waals surface area contributed by atoms with Gasteiger partial charge in [-0.1, -0.05) is 28.4 Å². The van der Waals surface area contributed by atoms with E-state index in [-0.39, 0.29) is 11.9 Å². The highest BCUT2D eigenvalue weighted by Gasteiger charge is 2.28. The van der Waals surface area contributed by atoms with Crippen molar-refractivity contribution in [2.45, 2.75) is 25.3 Å². The Kier molecular flexibility index (Phi) is 2.88. The molecule has 14 heavy (non-hydrogen) atoms. The Hall–Kier alpha value is -0.410. The number of nitrogens with two attached hydrogens (primary N) is 1. The van der Waals surface area contributed by atoms with Crippen LogP contribution in [0, 0.1) is 11.7 Å². The Morgan fingerprint density at radius 2 is 2.14 bits per heavy atom. The van der Waals surface area contributed by atoms with Crippen LogP contribution in [0.5, 0.6) is 0 Å². The van der Waals surface area contributed by atoms with Crippen LogP contribution in [0.4, 0.5) is 4.39 Å². The van der Waals surface area contributed by atoms with Crippen LogP contribution in [0.1, 0.15) is 30.9 Å². The normalized spacial score (nSPS) is 19.1. The summed E-state index contributed by atoms with van der Waals surface area (Å²) in [6.45, 7) is 0. The molecule has 0 aromatic heterocycles. The second-order valence-electron chi connectivity index (χ2n) is 3.85. The molecule has 3 heteroatoms. The summed E-state index contributed by atoms with van der Waals surface area (Å²) in [4.78, 5) is 0. The number of hydrogen-bond acceptors (Lipinski definition) is 1. The summed E-state index contributed by atoms with van der Waals surface area (Å²) in [7, 11) is 0. The van der Waals surface area contributed by atoms with Gasteiger partial charge in [0.25, 0.3) is 0 Å². The zero-order valence-corrected chi connectivity index (χ0v) is 9.43. The Labute approximate surface area is 91.6 Å². The van der Waals surface area contributed by atoms with E-state index in [1.54, 1.807) is 6.07 Å². The number of hydrogen-bond donors (Lipinski definition) is 1. The van der Waals surface area contributed by atoms with Crippen molar-refractivity contribution in [1.82, 2.24) is 0 Å². The van der Waals surface area contributed by atoms with Gasteiger partial charge >= 0.3 is 0 Å². The lowest BCUT2D eigenvalue weighted by Crippen LogP contribution is -2.27. The van der Waals surface area contributed by atoms with E-state index in [9.17, 15) is 4.39 Å². The molecular weight excluding hydrogens is 245 g/mol. The minimum Gasteiger partial charge on any atom is -0.324 e. The summed E-state index contributed by atoms with van der Waals surface area (Å²) in [5, 5.41) is 0. The van der Waals surface area contributed by atoms with Crippen LogP contribution in [0.3, 0.4) is 0 Å². The number of benzene rings is 1. The first-order chi connectivity index (χ1) is 6.70. The van der Waals surface area contributed by atoms with E-state index >= 15 is 0 Å². The van der Waals surface area contributed by atoms with E-state index in [0.717, 1.165) is 17.3 Å². The summed E-state index contributed by atoms with van der Waals surface area (Å²) in [6, 6.07) is 4.85. The molecule has 1 atom stereocenters. The second-order valence-corrected chi connectivity index (χ2v) is 4.71. The van der Waals surface area contributed by atoms with Crippen LogP contribution in [-0.2, 0) is 0 Å². The van der Waals surface area contributed by atoms with E-state index in [1.165, 1.54) is 12.5 Å². The largest absolute Gasteiger partial charge is 0.324 e. The molecule has 1 aliphatic rings. The zero-order chi connectivity index (χ0) is 10.1. The van der Waals surface area contributed by atoms with Gasteiger partial charge in [0.15, 0.2) is 0 Å². The molecule has 1 saturated carbocycles. The van der Waals surface area contributed by atoms with Gasteiger partial charge in [-0.2, -0.15) is 0 Å².